The first-order valence-electron chi connectivity index (χ1n) is 8.43. The first kappa shape index (κ1) is 32.5. The molecular formula is C20H25CoFN5O4-3. The van der Waals surface area contributed by atoms with E-state index in [2.05, 4.69) is 22.3 Å². The number of nitrogens with one attached hydrogen (secondary N) is 2. The summed E-state index contributed by atoms with van der Waals surface area (Å²) in [6.45, 7) is 9.45. The van der Waals surface area contributed by atoms with E-state index < -0.39 is 0 Å². The van der Waals surface area contributed by atoms with Gasteiger partial charge in [0.05, 0.1) is 17.2 Å². The summed E-state index contributed by atoms with van der Waals surface area (Å²) in [4.78, 5) is 23.0. The summed E-state index contributed by atoms with van der Waals surface area (Å²) in [5.74, 6) is -0.225. The molecule has 0 aliphatic carbocycles. The standard InChI is InChI=1S/C7H6F.C5H5N.2C4H7N2O2.Co/c1-6-3-2-4-7(8)5-6;1-2-4-6-5-3-1;2*1-3(5-7)4(2)6-8;/h2-5H,1H2;1-5H;2*5H,1-2H3;/q-1;;2*-1;/b;;4-3+;4-3-;. The summed E-state index contributed by atoms with van der Waals surface area (Å²) in [7, 11) is 0. The Balaban J connectivity index is -0.000000335. The molecule has 11 heteroatoms. The maximum absolute atomic E-state index is 12.1. The van der Waals surface area contributed by atoms with Crippen LogP contribution in [-0.2, 0) is 16.8 Å². The molecule has 31 heavy (non-hydrogen) atoms. The van der Waals surface area contributed by atoms with Crippen molar-refractivity contribution < 1.29 is 21.2 Å². The Labute approximate surface area is 191 Å². The Morgan fingerprint density at radius 1 is 0.903 bits per heavy atom. The van der Waals surface area contributed by atoms with E-state index in [0.29, 0.717) is 5.56 Å². The molecule has 2 aromatic rings. The maximum atomic E-state index is 12.1. The normalized spacial score (nSPS) is 10.3. The fraction of sp³-hybridized carbons (Fsp3) is 0.200. The predicted octanol–water partition coefficient (Wildman–Crippen LogP) is 5.27. The predicted molar refractivity (Wildman–Crippen MR) is 116 cm³/mol. The van der Waals surface area contributed by atoms with Gasteiger partial charge in [-0.25, -0.2) is 4.39 Å². The number of aromatic nitrogens is 1. The second-order valence-electron chi connectivity index (χ2n) is 5.46. The van der Waals surface area contributed by atoms with Crippen LogP contribution in [0.3, 0.4) is 0 Å². The maximum Gasteiger partial charge on any atom is 0.0995 e. The first-order chi connectivity index (χ1) is 14.2. The number of hydrogen-bond acceptors (Lipinski definition) is 9. The van der Waals surface area contributed by atoms with Gasteiger partial charge in [0.15, 0.2) is 0 Å². The van der Waals surface area contributed by atoms with Crippen LogP contribution in [0.1, 0.15) is 33.3 Å². The molecule has 1 radical (unpaired) electrons. The second-order valence-corrected chi connectivity index (χ2v) is 5.46. The monoisotopic (exact) mass is 477 g/mol. The van der Waals surface area contributed by atoms with Crippen molar-refractivity contribution in [2.75, 3.05) is 0 Å². The van der Waals surface area contributed by atoms with Crippen molar-refractivity contribution in [2.45, 2.75) is 27.7 Å². The van der Waals surface area contributed by atoms with E-state index >= 15 is 0 Å². The van der Waals surface area contributed by atoms with E-state index in [9.17, 15) is 24.6 Å². The minimum atomic E-state index is -0.225. The molecule has 173 valence electrons. The van der Waals surface area contributed by atoms with Gasteiger partial charge in [0.25, 0.3) is 0 Å². The SMILES string of the molecule is C/C(N=O)=C(/C)N[O-].C/C(N=O)=C(\C)N[O-].[CH2-]c1cccc(F)c1.[Co].c1ccncc1. The zero-order valence-corrected chi connectivity index (χ0v) is 18.6. The van der Waals surface area contributed by atoms with Crippen molar-refractivity contribution in [1.82, 2.24) is 15.9 Å². The van der Waals surface area contributed by atoms with Crippen LogP contribution in [-0.4, -0.2) is 4.98 Å². The van der Waals surface area contributed by atoms with E-state index in [1.54, 1.807) is 35.5 Å². The first-order valence-corrected chi connectivity index (χ1v) is 8.43. The van der Waals surface area contributed by atoms with Gasteiger partial charge in [0, 0.05) is 40.6 Å². The summed E-state index contributed by atoms with van der Waals surface area (Å²) in [6.07, 6.45) is 3.50. The molecule has 0 amide bonds. The number of nitrogens with zero attached hydrogens (tertiary/aromatic N) is 3. The Morgan fingerprint density at radius 2 is 1.35 bits per heavy atom. The van der Waals surface area contributed by atoms with Gasteiger partial charge >= 0.3 is 0 Å². The van der Waals surface area contributed by atoms with Crippen LogP contribution < -0.4 is 11.0 Å². The summed E-state index contributed by atoms with van der Waals surface area (Å²) in [5, 5.41) is 24.5. The number of halogens is 1. The molecule has 0 spiro atoms. The smallest absolute Gasteiger partial charge is 0.0995 e. The molecular weight excluding hydrogens is 452 g/mol. The number of allylic oxidation sites excluding steroid dienone is 4. The molecule has 1 aromatic heterocycles. The number of pyridine rings is 1. The van der Waals surface area contributed by atoms with Crippen LogP contribution in [0.2, 0.25) is 0 Å². The average molecular weight is 477 g/mol. The zero-order chi connectivity index (χ0) is 23.4. The molecule has 0 aliphatic heterocycles. The van der Waals surface area contributed by atoms with Gasteiger partial charge in [-0.1, -0.05) is 12.1 Å². The fourth-order valence-corrected chi connectivity index (χ4v) is 1.13. The molecule has 2 rings (SSSR count). The number of hydrogen-bond donors (Lipinski definition) is 2. The van der Waals surface area contributed by atoms with Crippen LogP contribution in [0.25, 0.3) is 0 Å². The van der Waals surface area contributed by atoms with E-state index in [4.69, 9.17) is 0 Å². The number of nitroso groups, excluding NO2 is 2. The third-order valence-electron chi connectivity index (χ3n) is 3.12. The topological polar surface area (TPSA) is 142 Å². The van der Waals surface area contributed by atoms with E-state index in [1.807, 2.05) is 18.2 Å². The third-order valence-corrected chi connectivity index (χ3v) is 3.12. The van der Waals surface area contributed by atoms with Crippen molar-refractivity contribution in [3.8, 4) is 0 Å². The molecule has 2 N–H and O–H groups in total. The molecule has 1 aromatic carbocycles. The summed E-state index contributed by atoms with van der Waals surface area (Å²) < 4.78 is 12.1. The Bertz CT molecular complexity index is 731. The van der Waals surface area contributed by atoms with Crippen molar-refractivity contribution in [3.63, 3.8) is 0 Å². The zero-order valence-electron chi connectivity index (χ0n) is 17.6. The molecule has 0 unspecified atom stereocenters. The number of rotatable bonds is 4. The number of benzene rings is 1. The third kappa shape index (κ3) is 19.9. The van der Waals surface area contributed by atoms with Crippen LogP contribution in [0.5, 0.6) is 0 Å². The minimum Gasteiger partial charge on any atom is -0.761 e. The van der Waals surface area contributed by atoms with Gasteiger partial charge in [-0.3, -0.25) is 4.98 Å². The van der Waals surface area contributed by atoms with Gasteiger partial charge in [-0.15, -0.1) is 21.9 Å². The van der Waals surface area contributed by atoms with Crippen LogP contribution >= 0.6 is 0 Å². The molecule has 0 saturated heterocycles. The second kappa shape index (κ2) is 21.6. The summed E-state index contributed by atoms with van der Waals surface area (Å²) in [6, 6.07) is 11.9. The molecule has 0 fully saturated rings. The van der Waals surface area contributed by atoms with E-state index in [1.165, 1.54) is 39.8 Å². The molecule has 9 nitrogen and oxygen atoms in total. The van der Waals surface area contributed by atoms with Crippen molar-refractivity contribution >= 4 is 0 Å². The molecule has 0 bridgehead atoms. The quantitative estimate of drug-likeness (QED) is 0.347. The Morgan fingerprint density at radius 3 is 1.52 bits per heavy atom. The van der Waals surface area contributed by atoms with Gasteiger partial charge in [0.2, 0.25) is 0 Å². The van der Waals surface area contributed by atoms with Gasteiger partial charge in [-0.2, -0.15) is 18.6 Å². The van der Waals surface area contributed by atoms with Crippen molar-refractivity contribution in [1.29, 1.82) is 0 Å². The van der Waals surface area contributed by atoms with Gasteiger partial charge < -0.3 is 21.4 Å². The van der Waals surface area contributed by atoms with Gasteiger partial charge in [0.1, 0.15) is 0 Å². The Kier molecular flexibility index (Phi) is 22.7. The fourth-order valence-electron chi connectivity index (χ4n) is 1.13. The van der Waals surface area contributed by atoms with Crippen LogP contribution in [0.15, 0.2) is 88.0 Å². The summed E-state index contributed by atoms with van der Waals surface area (Å²) >= 11 is 0. The van der Waals surface area contributed by atoms with Gasteiger partial charge in [-0.05, 0) is 50.2 Å². The molecule has 0 aliphatic rings. The van der Waals surface area contributed by atoms with Crippen LogP contribution in [0, 0.1) is 33.0 Å². The van der Waals surface area contributed by atoms with E-state index in [-0.39, 0.29) is 45.4 Å². The van der Waals surface area contributed by atoms with Crippen molar-refractivity contribution in [3.05, 3.63) is 116 Å². The summed E-state index contributed by atoms with van der Waals surface area (Å²) in [5.41, 5.74) is 4.73. The number of hydroxylamine groups is 2. The van der Waals surface area contributed by atoms with Crippen LogP contribution in [0.4, 0.5) is 4.39 Å². The largest absolute Gasteiger partial charge is 0.761 e. The Hall–Kier alpha value is -3.12. The average Bonchev–Trinajstić information content (AvgIpc) is 2.79. The van der Waals surface area contributed by atoms with Crippen molar-refractivity contribution in [2.24, 2.45) is 10.4 Å². The molecule has 1 heterocycles. The molecule has 0 saturated carbocycles. The molecule has 0 atom stereocenters. The minimum absolute atomic E-state index is 0. The van der Waals surface area contributed by atoms with E-state index in [0.717, 1.165) is 0 Å².